The summed E-state index contributed by atoms with van der Waals surface area (Å²) in [6, 6.07) is 6.37. The number of rotatable bonds is 4. The third kappa shape index (κ3) is 2.84. The van der Waals surface area contributed by atoms with E-state index in [1.54, 1.807) is 18.0 Å². The van der Waals surface area contributed by atoms with Crippen LogP contribution < -0.4 is 9.64 Å². The molecule has 0 aliphatic carbocycles. The van der Waals surface area contributed by atoms with Crippen LogP contribution in [-0.4, -0.2) is 20.7 Å². The van der Waals surface area contributed by atoms with Gasteiger partial charge in [-0.05, 0) is 12.1 Å². The van der Waals surface area contributed by atoms with Crippen molar-refractivity contribution in [3.05, 3.63) is 24.0 Å². The van der Waals surface area contributed by atoms with Crippen LogP contribution in [0.4, 0.5) is 10.1 Å². The molecule has 0 N–H and O–H groups in total. The molecule has 0 aromatic heterocycles. The molecular weight excluding hydrogens is 195 g/mol. The summed E-state index contributed by atoms with van der Waals surface area (Å²) in [5, 5.41) is 8.46. The molecular formula is C11H13FN2O. The highest BCUT2D eigenvalue weighted by molar-refractivity contribution is 5.58. The van der Waals surface area contributed by atoms with E-state index < -0.39 is 0 Å². The minimum atomic E-state index is -0.311. The monoisotopic (exact) mass is 208 g/mol. The molecule has 1 aromatic carbocycles. The van der Waals surface area contributed by atoms with Crippen molar-refractivity contribution in [3.8, 4) is 11.8 Å². The van der Waals surface area contributed by atoms with E-state index >= 15 is 0 Å². The lowest BCUT2D eigenvalue weighted by Crippen LogP contribution is -2.18. The number of ether oxygens (including phenoxy) is 1. The Morgan fingerprint density at radius 1 is 1.53 bits per heavy atom. The molecule has 4 heteroatoms. The zero-order valence-electron chi connectivity index (χ0n) is 8.83. The second-order valence-electron chi connectivity index (χ2n) is 3.15. The van der Waals surface area contributed by atoms with E-state index in [1.807, 2.05) is 6.07 Å². The van der Waals surface area contributed by atoms with E-state index in [-0.39, 0.29) is 5.82 Å². The van der Waals surface area contributed by atoms with E-state index in [1.165, 1.54) is 19.2 Å². The number of halogens is 1. The summed E-state index contributed by atoms with van der Waals surface area (Å²) in [6.07, 6.45) is 0.399. The largest absolute Gasteiger partial charge is 0.495 e. The van der Waals surface area contributed by atoms with Crippen molar-refractivity contribution in [2.45, 2.75) is 6.42 Å². The summed E-state index contributed by atoms with van der Waals surface area (Å²) in [6.45, 7) is 0.552. The molecule has 0 saturated heterocycles. The van der Waals surface area contributed by atoms with Crippen molar-refractivity contribution < 1.29 is 9.13 Å². The summed E-state index contributed by atoms with van der Waals surface area (Å²) >= 11 is 0. The molecule has 0 atom stereocenters. The number of nitrogens with zero attached hydrogens (tertiary/aromatic N) is 2. The van der Waals surface area contributed by atoms with Crippen molar-refractivity contribution >= 4 is 5.69 Å². The predicted molar refractivity (Wildman–Crippen MR) is 56.5 cm³/mol. The average Bonchev–Trinajstić information content (AvgIpc) is 2.25. The summed E-state index contributed by atoms with van der Waals surface area (Å²) in [7, 11) is 3.34. The fourth-order valence-corrected chi connectivity index (χ4v) is 1.30. The molecule has 0 amide bonds. The van der Waals surface area contributed by atoms with Crippen LogP contribution in [0.25, 0.3) is 0 Å². The molecule has 0 unspecified atom stereocenters. The van der Waals surface area contributed by atoms with Gasteiger partial charge in [0, 0.05) is 19.7 Å². The minimum Gasteiger partial charge on any atom is -0.495 e. The maximum Gasteiger partial charge on any atom is 0.142 e. The quantitative estimate of drug-likeness (QED) is 0.761. The first-order chi connectivity index (χ1) is 7.19. The first-order valence-electron chi connectivity index (χ1n) is 4.60. The highest BCUT2D eigenvalue weighted by Crippen LogP contribution is 2.27. The summed E-state index contributed by atoms with van der Waals surface area (Å²) in [5.74, 6) is 0.298. The highest BCUT2D eigenvalue weighted by Gasteiger charge is 2.08. The van der Waals surface area contributed by atoms with Gasteiger partial charge in [0.05, 0.1) is 25.3 Å². The second kappa shape index (κ2) is 5.20. The number of hydrogen-bond acceptors (Lipinski definition) is 3. The molecule has 0 saturated carbocycles. The van der Waals surface area contributed by atoms with Gasteiger partial charge >= 0.3 is 0 Å². The smallest absolute Gasteiger partial charge is 0.142 e. The van der Waals surface area contributed by atoms with Crippen molar-refractivity contribution in [2.75, 3.05) is 25.6 Å². The lowest BCUT2D eigenvalue weighted by Gasteiger charge is -2.20. The lowest BCUT2D eigenvalue weighted by atomic mass is 10.2. The summed E-state index contributed by atoms with van der Waals surface area (Å²) in [5.41, 5.74) is 0.660. The SMILES string of the molecule is COc1ccc(F)cc1N(C)CCC#N. The number of methoxy groups -OCH3 is 1. The summed E-state index contributed by atoms with van der Waals surface area (Å²) in [4.78, 5) is 1.80. The Morgan fingerprint density at radius 2 is 2.27 bits per heavy atom. The first-order valence-corrected chi connectivity index (χ1v) is 4.60. The van der Waals surface area contributed by atoms with Crippen LogP contribution in [0.15, 0.2) is 18.2 Å². The van der Waals surface area contributed by atoms with Gasteiger partial charge < -0.3 is 9.64 Å². The molecule has 1 rings (SSSR count). The number of hydrogen-bond donors (Lipinski definition) is 0. The van der Waals surface area contributed by atoms with Crippen molar-refractivity contribution in [3.63, 3.8) is 0 Å². The molecule has 0 aliphatic rings. The fraction of sp³-hybridized carbons (Fsp3) is 0.364. The van der Waals surface area contributed by atoms with Gasteiger partial charge in [0.2, 0.25) is 0 Å². The van der Waals surface area contributed by atoms with Gasteiger partial charge in [0.1, 0.15) is 11.6 Å². The van der Waals surface area contributed by atoms with E-state index in [2.05, 4.69) is 0 Å². The second-order valence-corrected chi connectivity index (χ2v) is 3.15. The van der Waals surface area contributed by atoms with E-state index in [0.717, 1.165) is 0 Å². The topological polar surface area (TPSA) is 36.3 Å². The van der Waals surface area contributed by atoms with E-state index in [4.69, 9.17) is 10.00 Å². The Hall–Kier alpha value is -1.76. The van der Waals surface area contributed by atoms with Crippen LogP contribution in [0.5, 0.6) is 5.75 Å². The first kappa shape index (κ1) is 11.3. The molecule has 1 aromatic rings. The van der Waals surface area contributed by atoms with Crippen LogP contribution in [0, 0.1) is 17.1 Å². The van der Waals surface area contributed by atoms with Gasteiger partial charge in [-0.3, -0.25) is 0 Å². The normalized spacial score (nSPS) is 9.47. The number of benzene rings is 1. The van der Waals surface area contributed by atoms with Gasteiger partial charge in [-0.15, -0.1) is 0 Å². The molecule has 0 heterocycles. The molecule has 0 aliphatic heterocycles. The fourth-order valence-electron chi connectivity index (χ4n) is 1.30. The molecule has 0 radical (unpaired) electrons. The van der Waals surface area contributed by atoms with Crippen molar-refractivity contribution in [2.24, 2.45) is 0 Å². The zero-order chi connectivity index (χ0) is 11.3. The van der Waals surface area contributed by atoms with Crippen LogP contribution in [0.1, 0.15) is 6.42 Å². The molecule has 0 bridgehead atoms. The van der Waals surface area contributed by atoms with E-state index in [0.29, 0.717) is 24.4 Å². The Bertz CT molecular complexity index is 373. The van der Waals surface area contributed by atoms with Crippen LogP contribution >= 0.6 is 0 Å². The van der Waals surface area contributed by atoms with Crippen LogP contribution in [0.2, 0.25) is 0 Å². The molecule has 80 valence electrons. The maximum absolute atomic E-state index is 13.0. The standard InChI is InChI=1S/C11H13FN2O/c1-14(7-3-6-13)10-8-9(12)4-5-11(10)15-2/h4-5,8H,3,7H2,1-2H3. The predicted octanol–water partition coefficient (Wildman–Crippen LogP) is 2.18. The van der Waals surface area contributed by atoms with Crippen LogP contribution in [0.3, 0.4) is 0 Å². The molecule has 3 nitrogen and oxygen atoms in total. The Morgan fingerprint density at radius 3 is 2.87 bits per heavy atom. The Labute approximate surface area is 88.7 Å². The van der Waals surface area contributed by atoms with Gasteiger partial charge in [0.25, 0.3) is 0 Å². The van der Waals surface area contributed by atoms with Gasteiger partial charge in [-0.25, -0.2) is 4.39 Å². The maximum atomic E-state index is 13.0. The molecule has 0 spiro atoms. The molecule has 15 heavy (non-hydrogen) atoms. The van der Waals surface area contributed by atoms with Gasteiger partial charge in [-0.1, -0.05) is 0 Å². The summed E-state index contributed by atoms with van der Waals surface area (Å²) < 4.78 is 18.1. The third-order valence-electron chi connectivity index (χ3n) is 2.11. The van der Waals surface area contributed by atoms with Crippen molar-refractivity contribution in [1.82, 2.24) is 0 Å². The Balaban J connectivity index is 2.90. The number of anilines is 1. The van der Waals surface area contributed by atoms with Crippen molar-refractivity contribution in [1.29, 1.82) is 5.26 Å². The average molecular weight is 208 g/mol. The zero-order valence-corrected chi connectivity index (χ0v) is 8.83. The van der Waals surface area contributed by atoms with Crippen LogP contribution in [-0.2, 0) is 0 Å². The Kier molecular flexibility index (Phi) is 3.92. The number of nitriles is 1. The lowest BCUT2D eigenvalue weighted by molar-refractivity contribution is 0.414. The van der Waals surface area contributed by atoms with E-state index in [9.17, 15) is 4.39 Å². The molecule has 0 fully saturated rings. The highest BCUT2D eigenvalue weighted by atomic mass is 19.1. The minimum absolute atomic E-state index is 0.311. The third-order valence-corrected chi connectivity index (χ3v) is 2.11. The van der Waals surface area contributed by atoms with Gasteiger partial charge in [0.15, 0.2) is 0 Å². The van der Waals surface area contributed by atoms with Gasteiger partial charge in [-0.2, -0.15) is 5.26 Å².